The van der Waals surface area contributed by atoms with Crippen molar-refractivity contribution in [1.82, 2.24) is 0 Å². The van der Waals surface area contributed by atoms with Crippen molar-refractivity contribution in [2.24, 2.45) is 0 Å². The number of aryl methyl sites for hydroxylation is 1. The molecule has 0 aliphatic rings. The summed E-state index contributed by atoms with van der Waals surface area (Å²) in [6, 6.07) is 28.4. The fourth-order valence-electron chi connectivity index (χ4n) is 3.02. The summed E-state index contributed by atoms with van der Waals surface area (Å²) in [5.74, 6) is 0. The van der Waals surface area contributed by atoms with E-state index >= 15 is 0 Å². The maximum Gasteiger partial charge on any atom is 0.0130 e. The minimum Gasteiger partial charge on any atom is -0.0622 e. The molecule has 0 radical (unpaired) electrons. The number of halogens is 1. The molecule has 0 saturated carbocycles. The van der Waals surface area contributed by atoms with E-state index in [0.717, 1.165) is 6.42 Å². The molecule has 0 atom stereocenters. The van der Waals surface area contributed by atoms with Crippen LogP contribution in [0.2, 0.25) is 0 Å². The Bertz CT molecular complexity index is 825. The van der Waals surface area contributed by atoms with Crippen LogP contribution < -0.4 is 0 Å². The van der Waals surface area contributed by atoms with Gasteiger partial charge in [0.05, 0.1) is 0 Å². The lowest BCUT2D eigenvalue weighted by atomic mass is 9.88. The summed E-state index contributed by atoms with van der Waals surface area (Å²) in [6.07, 6.45) is 0.999. The molecule has 0 nitrogen and oxygen atoms in total. The van der Waals surface area contributed by atoms with Gasteiger partial charge in [-0.2, -0.15) is 0 Å². The highest BCUT2D eigenvalue weighted by atomic mass is 127. The van der Waals surface area contributed by atoms with Crippen molar-refractivity contribution in [2.75, 3.05) is 0 Å². The SMILES string of the molecule is CC/C(=C(\c1ccccc1)c1ccc(C)cc1)c1ccc(I)cc1. The van der Waals surface area contributed by atoms with E-state index in [9.17, 15) is 0 Å². The molecule has 0 aliphatic carbocycles. The second-order valence-electron chi connectivity index (χ2n) is 5.95. The average Bonchev–Trinajstić information content (AvgIpc) is 2.62. The van der Waals surface area contributed by atoms with Gasteiger partial charge >= 0.3 is 0 Å². The van der Waals surface area contributed by atoms with E-state index in [0.29, 0.717) is 0 Å². The topological polar surface area (TPSA) is 0 Å². The second-order valence-corrected chi connectivity index (χ2v) is 7.19. The zero-order valence-corrected chi connectivity index (χ0v) is 16.2. The van der Waals surface area contributed by atoms with Gasteiger partial charge in [-0.25, -0.2) is 0 Å². The van der Waals surface area contributed by atoms with Gasteiger partial charge in [0, 0.05) is 3.57 Å². The molecule has 24 heavy (non-hydrogen) atoms. The fraction of sp³-hybridized carbons (Fsp3) is 0.130. The molecule has 0 fully saturated rings. The van der Waals surface area contributed by atoms with E-state index in [1.54, 1.807) is 0 Å². The zero-order valence-electron chi connectivity index (χ0n) is 14.1. The monoisotopic (exact) mass is 424 g/mol. The molecule has 0 saturated heterocycles. The Kier molecular flexibility index (Phi) is 5.52. The van der Waals surface area contributed by atoms with Crippen LogP contribution in [0.4, 0.5) is 0 Å². The molecule has 3 rings (SSSR count). The van der Waals surface area contributed by atoms with Crippen molar-refractivity contribution < 1.29 is 0 Å². The molecule has 0 N–H and O–H groups in total. The quantitative estimate of drug-likeness (QED) is 0.314. The fourth-order valence-corrected chi connectivity index (χ4v) is 3.38. The van der Waals surface area contributed by atoms with Gasteiger partial charge in [0.2, 0.25) is 0 Å². The van der Waals surface area contributed by atoms with Gasteiger partial charge < -0.3 is 0 Å². The normalized spacial score (nSPS) is 12.0. The van der Waals surface area contributed by atoms with Crippen molar-refractivity contribution in [3.8, 4) is 0 Å². The summed E-state index contributed by atoms with van der Waals surface area (Å²) in [6.45, 7) is 4.37. The standard InChI is InChI=1S/C23H21I/c1-3-22(18-13-15-21(24)16-14-18)23(19-7-5-4-6-8-19)20-11-9-17(2)10-12-20/h4-16H,3H2,1-2H3/b23-22-. The number of allylic oxidation sites excluding steroid dienone is 1. The molecule has 0 spiro atoms. The predicted octanol–water partition coefficient (Wildman–Crippen LogP) is 6.97. The third-order valence-corrected chi connectivity index (χ3v) is 4.97. The summed E-state index contributed by atoms with van der Waals surface area (Å²) in [7, 11) is 0. The first kappa shape index (κ1) is 17.0. The predicted molar refractivity (Wildman–Crippen MR) is 113 cm³/mol. The third kappa shape index (κ3) is 3.78. The van der Waals surface area contributed by atoms with Gasteiger partial charge in [-0.1, -0.05) is 79.2 Å². The smallest absolute Gasteiger partial charge is 0.0130 e. The highest BCUT2D eigenvalue weighted by Crippen LogP contribution is 2.34. The molecule has 0 aromatic heterocycles. The van der Waals surface area contributed by atoms with Crippen LogP contribution >= 0.6 is 22.6 Å². The Morgan fingerprint density at radius 1 is 0.708 bits per heavy atom. The van der Waals surface area contributed by atoms with Gasteiger partial charge in [0.25, 0.3) is 0 Å². The van der Waals surface area contributed by atoms with Crippen LogP contribution in [0.3, 0.4) is 0 Å². The van der Waals surface area contributed by atoms with Crippen molar-refractivity contribution in [1.29, 1.82) is 0 Å². The maximum absolute atomic E-state index is 2.36. The molecule has 0 amide bonds. The average molecular weight is 424 g/mol. The molecule has 3 aromatic carbocycles. The number of rotatable bonds is 4. The second kappa shape index (κ2) is 7.80. The van der Waals surface area contributed by atoms with Gasteiger partial charge in [0.1, 0.15) is 0 Å². The Morgan fingerprint density at radius 3 is 1.83 bits per heavy atom. The molecule has 0 aliphatic heterocycles. The largest absolute Gasteiger partial charge is 0.0622 e. The van der Waals surface area contributed by atoms with Crippen LogP contribution in [0, 0.1) is 10.5 Å². The first-order valence-corrected chi connectivity index (χ1v) is 9.38. The van der Waals surface area contributed by atoms with Gasteiger partial charge in [-0.3, -0.25) is 0 Å². The van der Waals surface area contributed by atoms with Crippen LogP contribution in [-0.2, 0) is 0 Å². The molecule has 0 bridgehead atoms. The highest BCUT2D eigenvalue weighted by Gasteiger charge is 2.12. The van der Waals surface area contributed by atoms with Crippen LogP contribution in [0.1, 0.15) is 35.6 Å². The number of hydrogen-bond acceptors (Lipinski definition) is 0. The maximum atomic E-state index is 2.36. The molecule has 120 valence electrons. The third-order valence-electron chi connectivity index (χ3n) is 4.25. The summed E-state index contributed by atoms with van der Waals surface area (Å²) >= 11 is 2.36. The first-order valence-electron chi connectivity index (χ1n) is 8.30. The first-order chi connectivity index (χ1) is 11.7. The lowest BCUT2D eigenvalue weighted by Gasteiger charge is -2.16. The van der Waals surface area contributed by atoms with Crippen LogP contribution in [-0.4, -0.2) is 0 Å². The molecule has 0 unspecified atom stereocenters. The van der Waals surface area contributed by atoms with Crippen molar-refractivity contribution in [3.63, 3.8) is 0 Å². The minimum atomic E-state index is 0.999. The molecule has 1 heteroatoms. The summed E-state index contributed by atoms with van der Waals surface area (Å²) in [5.41, 5.74) is 7.87. The van der Waals surface area contributed by atoms with E-state index in [1.165, 1.54) is 37.0 Å². The lowest BCUT2D eigenvalue weighted by Crippen LogP contribution is -1.95. The lowest BCUT2D eigenvalue weighted by molar-refractivity contribution is 1.24. The zero-order chi connectivity index (χ0) is 16.9. The van der Waals surface area contributed by atoms with Gasteiger partial charge in [0.15, 0.2) is 0 Å². The molecule has 3 aromatic rings. The van der Waals surface area contributed by atoms with Crippen molar-refractivity contribution in [3.05, 3.63) is 105 Å². The van der Waals surface area contributed by atoms with Crippen molar-refractivity contribution >= 4 is 33.7 Å². The van der Waals surface area contributed by atoms with Crippen LogP contribution in [0.5, 0.6) is 0 Å². The number of hydrogen-bond donors (Lipinski definition) is 0. The summed E-state index contributed by atoms with van der Waals surface area (Å²) < 4.78 is 1.27. The van der Waals surface area contributed by atoms with Gasteiger partial charge in [-0.05, 0) is 75.9 Å². The summed E-state index contributed by atoms with van der Waals surface area (Å²) in [5, 5.41) is 0. The van der Waals surface area contributed by atoms with E-state index in [2.05, 4.69) is 115 Å². The number of benzene rings is 3. The minimum absolute atomic E-state index is 0.999. The van der Waals surface area contributed by atoms with Crippen LogP contribution in [0.25, 0.3) is 11.1 Å². The molecule has 0 heterocycles. The molecular weight excluding hydrogens is 403 g/mol. The van der Waals surface area contributed by atoms with E-state index in [4.69, 9.17) is 0 Å². The van der Waals surface area contributed by atoms with Crippen LogP contribution in [0.15, 0.2) is 78.9 Å². The van der Waals surface area contributed by atoms with Gasteiger partial charge in [-0.15, -0.1) is 0 Å². The van der Waals surface area contributed by atoms with Crippen molar-refractivity contribution in [2.45, 2.75) is 20.3 Å². The summed E-state index contributed by atoms with van der Waals surface area (Å²) in [4.78, 5) is 0. The van der Waals surface area contributed by atoms with E-state index in [-0.39, 0.29) is 0 Å². The van der Waals surface area contributed by atoms with E-state index < -0.39 is 0 Å². The Morgan fingerprint density at radius 2 is 1.25 bits per heavy atom. The molecular formula is C23H21I. The van der Waals surface area contributed by atoms with E-state index in [1.807, 2.05) is 0 Å². The highest BCUT2D eigenvalue weighted by molar-refractivity contribution is 14.1. The Balaban J connectivity index is 2.25. The Labute approximate surface area is 158 Å². The Hall–Kier alpha value is -1.87.